The van der Waals surface area contributed by atoms with Crippen LogP contribution in [0.1, 0.15) is 25.5 Å². The Bertz CT molecular complexity index is 385. The Labute approximate surface area is 99.0 Å². The van der Waals surface area contributed by atoms with E-state index in [-0.39, 0.29) is 12.4 Å². The highest BCUT2D eigenvalue weighted by molar-refractivity contribution is 7.13. The number of anilines is 1. The van der Waals surface area contributed by atoms with Crippen LogP contribution in [0, 0.1) is 5.41 Å². The topological polar surface area (TPSA) is 51.2 Å². The number of carbonyl (C=O) groups excluding carboxylic acids is 1. The molecule has 1 aliphatic carbocycles. The van der Waals surface area contributed by atoms with Crippen LogP contribution in [0.4, 0.5) is 5.13 Å². The van der Waals surface area contributed by atoms with E-state index in [0.29, 0.717) is 5.41 Å². The molecule has 0 spiro atoms. The molecule has 5 heteroatoms. The van der Waals surface area contributed by atoms with E-state index in [1.165, 1.54) is 20.0 Å². The smallest absolute Gasteiger partial charge is 0.311 e. The number of hydrogen-bond donors (Lipinski definition) is 1. The molecule has 16 heavy (non-hydrogen) atoms. The molecule has 0 aliphatic heterocycles. The number of hydrogen-bond acceptors (Lipinski definition) is 5. The lowest BCUT2D eigenvalue weighted by Crippen LogP contribution is -2.11. The van der Waals surface area contributed by atoms with E-state index in [9.17, 15) is 4.79 Å². The minimum absolute atomic E-state index is 0.244. The molecule has 1 heterocycles. The SMILES string of the molecule is COC(=O)Cc1csc(NCC2(C)CC2)n1. The summed E-state index contributed by atoms with van der Waals surface area (Å²) in [6, 6.07) is 0. The molecule has 0 aromatic carbocycles. The second kappa shape index (κ2) is 4.41. The van der Waals surface area contributed by atoms with Crippen LogP contribution in [-0.4, -0.2) is 24.6 Å². The van der Waals surface area contributed by atoms with Crippen molar-refractivity contribution < 1.29 is 9.53 Å². The fourth-order valence-electron chi connectivity index (χ4n) is 1.37. The van der Waals surface area contributed by atoms with Gasteiger partial charge in [0.15, 0.2) is 5.13 Å². The normalized spacial score (nSPS) is 16.9. The van der Waals surface area contributed by atoms with Crippen LogP contribution >= 0.6 is 11.3 Å². The number of esters is 1. The first-order chi connectivity index (χ1) is 7.61. The van der Waals surface area contributed by atoms with Crippen molar-refractivity contribution in [3.8, 4) is 0 Å². The summed E-state index contributed by atoms with van der Waals surface area (Å²) in [5, 5.41) is 6.11. The van der Waals surface area contributed by atoms with Gasteiger partial charge in [-0.3, -0.25) is 4.79 Å². The van der Waals surface area contributed by atoms with Crippen molar-refractivity contribution in [2.45, 2.75) is 26.2 Å². The Balaban J connectivity index is 1.84. The highest BCUT2D eigenvalue weighted by Gasteiger charge is 2.36. The van der Waals surface area contributed by atoms with Crippen molar-refractivity contribution in [1.82, 2.24) is 4.98 Å². The molecule has 88 valence electrons. The summed E-state index contributed by atoms with van der Waals surface area (Å²) in [5.74, 6) is -0.244. The maximum absolute atomic E-state index is 11.0. The highest BCUT2D eigenvalue weighted by atomic mass is 32.1. The largest absolute Gasteiger partial charge is 0.469 e. The predicted molar refractivity (Wildman–Crippen MR) is 63.7 cm³/mol. The average molecular weight is 240 g/mol. The van der Waals surface area contributed by atoms with Crippen LogP contribution in [0.3, 0.4) is 0 Å². The Morgan fingerprint density at radius 1 is 1.69 bits per heavy atom. The zero-order valence-electron chi connectivity index (χ0n) is 9.58. The molecule has 1 aromatic heterocycles. The van der Waals surface area contributed by atoms with Gasteiger partial charge in [-0.15, -0.1) is 11.3 Å². The Hall–Kier alpha value is -1.10. The second-order valence-electron chi connectivity index (χ2n) is 4.56. The van der Waals surface area contributed by atoms with Gasteiger partial charge in [0, 0.05) is 11.9 Å². The van der Waals surface area contributed by atoms with Gasteiger partial charge in [-0.2, -0.15) is 0 Å². The van der Waals surface area contributed by atoms with Crippen molar-refractivity contribution in [1.29, 1.82) is 0 Å². The maximum atomic E-state index is 11.0. The standard InChI is InChI=1S/C11H16N2O2S/c1-11(3-4-11)7-12-10-13-8(6-16-10)5-9(14)15-2/h6H,3-5,7H2,1-2H3,(H,12,13). The van der Waals surface area contributed by atoms with Gasteiger partial charge < -0.3 is 10.1 Å². The number of aromatic nitrogens is 1. The molecule has 0 bridgehead atoms. The van der Waals surface area contributed by atoms with E-state index in [2.05, 4.69) is 22.0 Å². The summed E-state index contributed by atoms with van der Waals surface area (Å²) in [5.41, 5.74) is 1.24. The third kappa shape index (κ3) is 2.95. The third-order valence-corrected chi connectivity index (χ3v) is 3.72. The van der Waals surface area contributed by atoms with Gasteiger partial charge >= 0.3 is 5.97 Å². The van der Waals surface area contributed by atoms with Gasteiger partial charge in [0.1, 0.15) is 0 Å². The van der Waals surface area contributed by atoms with E-state index in [1.807, 2.05) is 5.38 Å². The number of nitrogens with one attached hydrogen (secondary N) is 1. The van der Waals surface area contributed by atoms with Gasteiger partial charge in [-0.05, 0) is 18.3 Å². The Morgan fingerprint density at radius 2 is 2.44 bits per heavy atom. The second-order valence-corrected chi connectivity index (χ2v) is 5.42. The van der Waals surface area contributed by atoms with E-state index in [1.54, 1.807) is 11.3 Å². The minimum Gasteiger partial charge on any atom is -0.469 e. The van der Waals surface area contributed by atoms with Crippen LogP contribution in [-0.2, 0) is 16.0 Å². The van der Waals surface area contributed by atoms with Gasteiger partial charge in [-0.1, -0.05) is 6.92 Å². The van der Waals surface area contributed by atoms with E-state index in [4.69, 9.17) is 0 Å². The quantitative estimate of drug-likeness (QED) is 0.800. The van der Waals surface area contributed by atoms with Crippen LogP contribution in [0.5, 0.6) is 0 Å². The van der Waals surface area contributed by atoms with Crippen molar-refractivity contribution in [2.75, 3.05) is 19.0 Å². The number of thiazole rings is 1. The van der Waals surface area contributed by atoms with Crippen LogP contribution in [0.2, 0.25) is 0 Å². The zero-order chi connectivity index (χ0) is 11.6. The molecule has 1 saturated carbocycles. The van der Waals surface area contributed by atoms with E-state index in [0.717, 1.165) is 17.4 Å². The Kier molecular flexibility index (Phi) is 3.14. The molecule has 1 fully saturated rings. The van der Waals surface area contributed by atoms with Gasteiger partial charge in [-0.25, -0.2) is 4.98 Å². The lowest BCUT2D eigenvalue weighted by Gasteiger charge is -2.07. The molecule has 2 rings (SSSR count). The molecule has 0 atom stereocenters. The van der Waals surface area contributed by atoms with Crippen molar-refractivity contribution in [2.24, 2.45) is 5.41 Å². The zero-order valence-corrected chi connectivity index (χ0v) is 10.4. The lowest BCUT2D eigenvalue weighted by molar-refractivity contribution is -0.139. The molecule has 0 saturated heterocycles. The van der Waals surface area contributed by atoms with Crippen molar-refractivity contribution in [3.63, 3.8) is 0 Å². The number of methoxy groups -OCH3 is 1. The predicted octanol–water partition coefficient (Wildman–Crippen LogP) is 2.07. The molecule has 1 N–H and O–H groups in total. The first-order valence-corrected chi connectivity index (χ1v) is 6.24. The van der Waals surface area contributed by atoms with Crippen molar-refractivity contribution in [3.05, 3.63) is 11.1 Å². The summed E-state index contributed by atoms with van der Waals surface area (Å²) >= 11 is 1.54. The lowest BCUT2D eigenvalue weighted by atomic mass is 10.1. The fourth-order valence-corrected chi connectivity index (χ4v) is 2.08. The molecule has 1 aliphatic rings. The summed E-state index contributed by atoms with van der Waals surface area (Å²) in [6.07, 6.45) is 2.84. The minimum atomic E-state index is -0.244. The molecule has 0 unspecified atom stereocenters. The Morgan fingerprint density at radius 3 is 3.06 bits per heavy atom. The number of carbonyl (C=O) groups is 1. The summed E-state index contributed by atoms with van der Waals surface area (Å²) in [6.45, 7) is 3.24. The van der Waals surface area contributed by atoms with E-state index < -0.39 is 0 Å². The maximum Gasteiger partial charge on any atom is 0.311 e. The monoisotopic (exact) mass is 240 g/mol. The van der Waals surface area contributed by atoms with Gasteiger partial charge in [0.25, 0.3) is 0 Å². The van der Waals surface area contributed by atoms with Crippen molar-refractivity contribution >= 4 is 22.4 Å². The molecule has 0 radical (unpaired) electrons. The summed E-state index contributed by atoms with van der Waals surface area (Å²) in [7, 11) is 1.39. The highest BCUT2D eigenvalue weighted by Crippen LogP contribution is 2.44. The number of ether oxygens (including phenoxy) is 1. The van der Waals surface area contributed by atoms with Crippen LogP contribution < -0.4 is 5.32 Å². The van der Waals surface area contributed by atoms with E-state index >= 15 is 0 Å². The third-order valence-electron chi connectivity index (χ3n) is 2.87. The van der Waals surface area contributed by atoms with Gasteiger partial charge in [0.05, 0.1) is 19.2 Å². The molecule has 4 nitrogen and oxygen atoms in total. The molecule has 0 amide bonds. The number of nitrogens with zero attached hydrogens (tertiary/aromatic N) is 1. The average Bonchev–Trinajstić information content (AvgIpc) is 2.84. The molecule has 1 aromatic rings. The first kappa shape index (κ1) is 11.4. The fraction of sp³-hybridized carbons (Fsp3) is 0.636. The first-order valence-electron chi connectivity index (χ1n) is 5.36. The van der Waals surface area contributed by atoms with Gasteiger partial charge in [0.2, 0.25) is 0 Å². The number of rotatable bonds is 5. The van der Waals surface area contributed by atoms with Crippen LogP contribution in [0.25, 0.3) is 0 Å². The molecular weight excluding hydrogens is 224 g/mol. The molecular formula is C11H16N2O2S. The van der Waals surface area contributed by atoms with Crippen LogP contribution in [0.15, 0.2) is 5.38 Å². The summed E-state index contributed by atoms with van der Waals surface area (Å²) in [4.78, 5) is 15.4. The summed E-state index contributed by atoms with van der Waals surface area (Å²) < 4.78 is 4.59.